The van der Waals surface area contributed by atoms with E-state index in [0.29, 0.717) is 11.6 Å². The van der Waals surface area contributed by atoms with E-state index in [2.05, 4.69) is 10.5 Å². The Bertz CT molecular complexity index is 453. The molecule has 19 heavy (non-hydrogen) atoms. The second kappa shape index (κ2) is 5.33. The van der Waals surface area contributed by atoms with Gasteiger partial charge in [0.05, 0.1) is 12.1 Å². The van der Waals surface area contributed by atoms with Crippen LogP contribution in [0.25, 0.3) is 0 Å². The van der Waals surface area contributed by atoms with Crippen LogP contribution in [0.15, 0.2) is 10.6 Å². The van der Waals surface area contributed by atoms with Gasteiger partial charge in [-0.2, -0.15) is 0 Å². The lowest BCUT2D eigenvalue weighted by Gasteiger charge is -2.20. The highest BCUT2D eigenvalue weighted by Gasteiger charge is 2.30. The molecule has 1 aromatic rings. The molecule has 0 bridgehead atoms. The van der Waals surface area contributed by atoms with Crippen LogP contribution in [-0.2, 0) is 0 Å². The van der Waals surface area contributed by atoms with Crippen molar-refractivity contribution in [2.45, 2.75) is 63.0 Å². The van der Waals surface area contributed by atoms with Crippen molar-refractivity contribution < 1.29 is 14.4 Å². The molecule has 5 heteroatoms. The third kappa shape index (κ3) is 2.97. The average molecular weight is 264 g/mol. The number of rotatable bonds is 3. The quantitative estimate of drug-likeness (QED) is 0.818. The van der Waals surface area contributed by atoms with Gasteiger partial charge in [0.25, 0.3) is 5.91 Å². The summed E-state index contributed by atoms with van der Waals surface area (Å²) in [5.41, 5.74) is 0.332. The average Bonchev–Trinajstić information content (AvgIpc) is 3.17. The fourth-order valence-electron chi connectivity index (χ4n) is 2.66. The lowest BCUT2D eigenvalue weighted by molar-refractivity contribution is 0.0810. The van der Waals surface area contributed by atoms with E-state index in [9.17, 15) is 9.90 Å². The zero-order valence-corrected chi connectivity index (χ0v) is 11.0. The highest BCUT2D eigenvalue weighted by molar-refractivity contribution is 5.92. The van der Waals surface area contributed by atoms with E-state index in [1.54, 1.807) is 6.07 Å². The van der Waals surface area contributed by atoms with Crippen molar-refractivity contribution in [3.63, 3.8) is 0 Å². The Morgan fingerprint density at radius 2 is 2.05 bits per heavy atom. The van der Waals surface area contributed by atoms with E-state index < -0.39 is 6.10 Å². The minimum Gasteiger partial charge on any atom is -0.391 e. The smallest absolute Gasteiger partial charge is 0.273 e. The maximum atomic E-state index is 12.1. The molecule has 2 atom stereocenters. The van der Waals surface area contributed by atoms with Gasteiger partial charge in [-0.05, 0) is 25.7 Å². The van der Waals surface area contributed by atoms with Crippen LogP contribution in [0.3, 0.4) is 0 Å². The maximum Gasteiger partial charge on any atom is 0.273 e. The van der Waals surface area contributed by atoms with Gasteiger partial charge in [0.1, 0.15) is 5.76 Å². The molecular formula is C14H20N2O3. The highest BCUT2D eigenvalue weighted by Crippen LogP contribution is 2.40. The Morgan fingerprint density at radius 1 is 1.26 bits per heavy atom. The Hall–Kier alpha value is -1.36. The van der Waals surface area contributed by atoms with E-state index in [1.807, 2.05) is 0 Å². The van der Waals surface area contributed by atoms with Gasteiger partial charge >= 0.3 is 0 Å². The summed E-state index contributed by atoms with van der Waals surface area (Å²) in [6.07, 6.45) is 6.60. The molecule has 2 aliphatic carbocycles. The summed E-state index contributed by atoms with van der Waals surface area (Å²) in [6, 6.07) is 1.58. The molecule has 1 aromatic heterocycles. The Labute approximate surface area is 112 Å². The van der Waals surface area contributed by atoms with Crippen molar-refractivity contribution in [1.82, 2.24) is 10.5 Å². The second-order valence-electron chi connectivity index (χ2n) is 5.67. The van der Waals surface area contributed by atoms with Crippen molar-refractivity contribution >= 4 is 5.91 Å². The number of aromatic nitrogens is 1. The van der Waals surface area contributed by atoms with E-state index in [1.165, 1.54) is 0 Å². The number of aliphatic hydroxyl groups is 1. The number of amides is 1. The topological polar surface area (TPSA) is 75.4 Å². The van der Waals surface area contributed by atoms with Gasteiger partial charge in [-0.1, -0.05) is 24.4 Å². The summed E-state index contributed by atoms with van der Waals surface area (Å²) in [5, 5.41) is 16.7. The van der Waals surface area contributed by atoms with E-state index in [-0.39, 0.29) is 11.9 Å². The van der Waals surface area contributed by atoms with Crippen LogP contribution in [-0.4, -0.2) is 28.3 Å². The van der Waals surface area contributed by atoms with Gasteiger partial charge in [0.2, 0.25) is 0 Å². The Balaban J connectivity index is 1.62. The molecule has 0 radical (unpaired) electrons. The number of nitrogens with zero attached hydrogens (tertiary/aromatic N) is 1. The van der Waals surface area contributed by atoms with Crippen LogP contribution >= 0.6 is 0 Å². The maximum absolute atomic E-state index is 12.1. The number of hydrogen-bond acceptors (Lipinski definition) is 4. The van der Waals surface area contributed by atoms with Crippen molar-refractivity contribution in [1.29, 1.82) is 0 Å². The monoisotopic (exact) mass is 264 g/mol. The predicted octanol–water partition coefficient (Wildman–Crippen LogP) is 1.98. The van der Waals surface area contributed by atoms with Gasteiger partial charge in [-0.15, -0.1) is 0 Å². The van der Waals surface area contributed by atoms with Crippen molar-refractivity contribution in [2.75, 3.05) is 0 Å². The SMILES string of the molecule is O=C(NC1CCCCCC1O)c1cc(C2CC2)on1. The zero-order valence-electron chi connectivity index (χ0n) is 11.0. The first-order valence-electron chi connectivity index (χ1n) is 7.19. The van der Waals surface area contributed by atoms with Crippen LogP contribution in [0, 0.1) is 0 Å². The molecule has 5 nitrogen and oxygen atoms in total. The predicted molar refractivity (Wildman–Crippen MR) is 68.8 cm³/mol. The van der Waals surface area contributed by atoms with Crippen LogP contribution in [0.4, 0.5) is 0 Å². The largest absolute Gasteiger partial charge is 0.391 e. The highest BCUT2D eigenvalue weighted by atomic mass is 16.5. The number of hydrogen-bond donors (Lipinski definition) is 2. The second-order valence-corrected chi connectivity index (χ2v) is 5.67. The summed E-state index contributed by atoms with van der Waals surface area (Å²) in [4.78, 5) is 12.1. The minimum absolute atomic E-state index is 0.156. The van der Waals surface area contributed by atoms with Gasteiger partial charge in [0, 0.05) is 12.0 Å². The van der Waals surface area contributed by atoms with Crippen molar-refractivity contribution in [3.05, 3.63) is 17.5 Å². The molecule has 0 saturated heterocycles. The first-order valence-corrected chi connectivity index (χ1v) is 7.19. The van der Waals surface area contributed by atoms with Gasteiger partial charge in [-0.25, -0.2) is 0 Å². The molecule has 1 amide bonds. The molecule has 2 aliphatic rings. The molecule has 104 valence electrons. The van der Waals surface area contributed by atoms with Crippen LogP contribution in [0.2, 0.25) is 0 Å². The molecule has 2 fully saturated rings. The number of carbonyl (C=O) groups is 1. The van der Waals surface area contributed by atoms with Crippen LogP contribution in [0.5, 0.6) is 0 Å². The fraction of sp³-hybridized carbons (Fsp3) is 0.714. The van der Waals surface area contributed by atoms with Crippen LogP contribution in [0.1, 0.15) is 67.1 Å². The van der Waals surface area contributed by atoms with Gasteiger partial charge in [0.15, 0.2) is 5.69 Å². The molecule has 0 spiro atoms. The molecule has 0 aliphatic heterocycles. The molecule has 2 saturated carbocycles. The first kappa shape index (κ1) is 12.7. The Morgan fingerprint density at radius 3 is 2.84 bits per heavy atom. The molecular weight excluding hydrogens is 244 g/mol. The number of aliphatic hydroxyl groups excluding tert-OH is 1. The van der Waals surface area contributed by atoms with Gasteiger partial charge < -0.3 is 14.9 Å². The summed E-state index contributed by atoms with van der Waals surface area (Å²) in [6.45, 7) is 0. The standard InChI is InChI=1S/C14H20N2O3/c17-12-5-3-1-2-4-10(12)15-14(18)11-8-13(19-16-11)9-6-7-9/h8-10,12,17H,1-7H2,(H,15,18). The summed E-state index contributed by atoms with van der Waals surface area (Å²) in [5.74, 6) is 1.03. The normalized spacial score (nSPS) is 27.8. The first-order chi connectivity index (χ1) is 9.24. The fourth-order valence-corrected chi connectivity index (χ4v) is 2.66. The molecule has 1 heterocycles. The lowest BCUT2D eigenvalue weighted by Crippen LogP contribution is -2.42. The zero-order chi connectivity index (χ0) is 13.2. The lowest BCUT2D eigenvalue weighted by atomic mass is 10.1. The van der Waals surface area contributed by atoms with Gasteiger partial charge in [-0.3, -0.25) is 4.79 Å². The van der Waals surface area contributed by atoms with Crippen LogP contribution < -0.4 is 5.32 Å². The summed E-state index contributed by atoms with van der Waals surface area (Å²) in [7, 11) is 0. The molecule has 0 aromatic carbocycles. The van der Waals surface area contributed by atoms with Crippen molar-refractivity contribution in [2.24, 2.45) is 0 Å². The van der Waals surface area contributed by atoms with Crippen molar-refractivity contribution in [3.8, 4) is 0 Å². The Kier molecular flexibility index (Phi) is 3.55. The summed E-state index contributed by atoms with van der Waals surface area (Å²) >= 11 is 0. The molecule has 3 rings (SSSR count). The number of carbonyl (C=O) groups excluding carboxylic acids is 1. The van der Waals surface area contributed by atoms with E-state index >= 15 is 0 Å². The molecule has 2 N–H and O–H groups in total. The third-order valence-electron chi connectivity index (χ3n) is 4.04. The molecule has 2 unspecified atom stereocenters. The number of nitrogens with one attached hydrogen (secondary N) is 1. The van der Waals surface area contributed by atoms with E-state index in [0.717, 1.165) is 50.7 Å². The third-order valence-corrected chi connectivity index (χ3v) is 4.04. The minimum atomic E-state index is -0.443. The van der Waals surface area contributed by atoms with E-state index in [4.69, 9.17) is 4.52 Å². The summed E-state index contributed by atoms with van der Waals surface area (Å²) < 4.78 is 5.18.